The quantitative estimate of drug-likeness (QED) is 0.534. The summed E-state index contributed by atoms with van der Waals surface area (Å²) in [7, 11) is 0. The van der Waals surface area contributed by atoms with Crippen molar-refractivity contribution in [2.24, 2.45) is 5.92 Å². The smallest absolute Gasteiger partial charge is 0.120 e. The van der Waals surface area contributed by atoms with Gasteiger partial charge in [0.25, 0.3) is 0 Å². The summed E-state index contributed by atoms with van der Waals surface area (Å²) in [6, 6.07) is 2.04. The summed E-state index contributed by atoms with van der Waals surface area (Å²) in [5, 5.41) is 8.15. The average molecular weight is 125 g/mol. The molecule has 1 unspecified atom stereocenters. The fourth-order valence-corrected chi connectivity index (χ4v) is 0.593. The van der Waals surface area contributed by atoms with Gasteiger partial charge in [-0.05, 0) is 12.3 Å². The van der Waals surface area contributed by atoms with Crippen molar-refractivity contribution < 1.29 is 4.79 Å². The Labute approximate surface area is 55.5 Å². The van der Waals surface area contributed by atoms with Gasteiger partial charge in [0, 0.05) is 12.8 Å². The lowest BCUT2D eigenvalue weighted by molar-refractivity contribution is -0.108. The number of hydrogen-bond donors (Lipinski definition) is 0. The first kappa shape index (κ1) is 8.16. The molecule has 0 bridgehead atoms. The average Bonchev–Trinajstić information content (AvgIpc) is 1.85. The topological polar surface area (TPSA) is 40.9 Å². The molecule has 0 aliphatic heterocycles. The third-order valence-electron chi connectivity index (χ3n) is 1.25. The second kappa shape index (κ2) is 5.30. The highest BCUT2D eigenvalue weighted by Gasteiger charge is 1.98. The maximum absolute atomic E-state index is 9.90. The minimum atomic E-state index is 0.377. The zero-order valence-electron chi connectivity index (χ0n) is 5.63. The first-order valence-electron chi connectivity index (χ1n) is 3.11. The molecule has 2 heteroatoms. The molecule has 0 saturated heterocycles. The summed E-state index contributed by atoms with van der Waals surface area (Å²) in [4.78, 5) is 9.90. The van der Waals surface area contributed by atoms with Crippen LogP contribution in [0.5, 0.6) is 0 Å². The van der Waals surface area contributed by atoms with Gasteiger partial charge in [0.1, 0.15) is 6.29 Å². The monoisotopic (exact) mass is 125 g/mol. The van der Waals surface area contributed by atoms with E-state index >= 15 is 0 Å². The molecule has 0 fully saturated rings. The Morgan fingerprint density at radius 3 is 2.89 bits per heavy atom. The molecule has 1 atom stereocenters. The molecule has 50 valence electrons. The van der Waals surface area contributed by atoms with E-state index in [-0.39, 0.29) is 0 Å². The predicted octanol–water partition coefficient (Wildman–Crippen LogP) is 1.52. The van der Waals surface area contributed by atoms with Crippen molar-refractivity contribution in [2.45, 2.75) is 26.2 Å². The molecular weight excluding hydrogens is 114 g/mol. The third kappa shape index (κ3) is 5.02. The lowest BCUT2D eigenvalue weighted by atomic mass is 10.0. The second-order valence-corrected chi connectivity index (χ2v) is 2.20. The number of rotatable bonds is 4. The first-order chi connectivity index (χ1) is 4.31. The zero-order chi connectivity index (χ0) is 7.11. The summed E-state index contributed by atoms with van der Waals surface area (Å²) in [5.41, 5.74) is 0. The minimum Gasteiger partial charge on any atom is -0.303 e. The van der Waals surface area contributed by atoms with Crippen molar-refractivity contribution in [3.63, 3.8) is 0 Å². The number of aldehydes is 1. The molecule has 0 aromatic carbocycles. The molecule has 0 spiro atoms. The van der Waals surface area contributed by atoms with Crippen LogP contribution in [0.15, 0.2) is 0 Å². The SMILES string of the molecule is CC(CC=O)CCC#N. The van der Waals surface area contributed by atoms with Gasteiger partial charge in [0.15, 0.2) is 0 Å². The fourth-order valence-electron chi connectivity index (χ4n) is 0.593. The van der Waals surface area contributed by atoms with Crippen LogP contribution in [0.25, 0.3) is 0 Å². The Morgan fingerprint density at radius 2 is 2.44 bits per heavy atom. The van der Waals surface area contributed by atoms with Gasteiger partial charge in [-0.3, -0.25) is 0 Å². The fraction of sp³-hybridized carbons (Fsp3) is 0.714. The van der Waals surface area contributed by atoms with Gasteiger partial charge in [-0.25, -0.2) is 0 Å². The van der Waals surface area contributed by atoms with E-state index in [0.29, 0.717) is 18.8 Å². The molecule has 0 aliphatic rings. The summed E-state index contributed by atoms with van der Waals surface area (Å²) < 4.78 is 0. The number of hydrogen-bond acceptors (Lipinski definition) is 2. The molecular formula is C7H11NO. The number of carbonyl (C=O) groups is 1. The molecule has 9 heavy (non-hydrogen) atoms. The van der Waals surface area contributed by atoms with Crippen LogP contribution in [0.4, 0.5) is 0 Å². The molecule has 0 aromatic heterocycles. The van der Waals surface area contributed by atoms with E-state index in [1.54, 1.807) is 0 Å². The molecule has 0 aliphatic carbocycles. The Morgan fingerprint density at radius 1 is 1.78 bits per heavy atom. The normalized spacial score (nSPS) is 12.0. The Balaban J connectivity index is 3.17. The van der Waals surface area contributed by atoms with E-state index < -0.39 is 0 Å². The summed E-state index contributed by atoms with van der Waals surface area (Å²) in [5.74, 6) is 0.377. The third-order valence-corrected chi connectivity index (χ3v) is 1.25. The highest BCUT2D eigenvalue weighted by atomic mass is 16.1. The molecule has 0 amide bonds. The van der Waals surface area contributed by atoms with Crippen LogP contribution in [0.2, 0.25) is 0 Å². The minimum absolute atomic E-state index is 0.377. The first-order valence-corrected chi connectivity index (χ1v) is 3.11. The van der Waals surface area contributed by atoms with Crippen LogP contribution in [0.1, 0.15) is 26.2 Å². The number of nitriles is 1. The lowest BCUT2D eigenvalue weighted by Crippen LogP contribution is -1.93. The van der Waals surface area contributed by atoms with Gasteiger partial charge in [0.05, 0.1) is 6.07 Å². The van der Waals surface area contributed by atoms with E-state index in [0.717, 1.165) is 12.7 Å². The zero-order valence-corrected chi connectivity index (χ0v) is 5.63. The van der Waals surface area contributed by atoms with E-state index in [4.69, 9.17) is 5.26 Å². The van der Waals surface area contributed by atoms with E-state index in [2.05, 4.69) is 0 Å². The summed E-state index contributed by atoms with van der Waals surface area (Å²) >= 11 is 0. The molecule has 0 rings (SSSR count). The van der Waals surface area contributed by atoms with Crippen LogP contribution in [-0.2, 0) is 4.79 Å². The molecule has 0 radical (unpaired) electrons. The Kier molecular flexibility index (Phi) is 4.81. The lowest BCUT2D eigenvalue weighted by Gasteiger charge is -2.00. The van der Waals surface area contributed by atoms with Crippen LogP contribution < -0.4 is 0 Å². The summed E-state index contributed by atoms with van der Waals surface area (Å²) in [6.45, 7) is 1.98. The van der Waals surface area contributed by atoms with E-state index in [1.807, 2.05) is 13.0 Å². The molecule has 0 N–H and O–H groups in total. The van der Waals surface area contributed by atoms with Crippen LogP contribution >= 0.6 is 0 Å². The second-order valence-electron chi connectivity index (χ2n) is 2.20. The van der Waals surface area contributed by atoms with Gasteiger partial charge in [-0.1, -0.05) is 6.92 Å². The van der Waals surface area contributed by atoms with Crippen molar-refractivity contribution >= 4 is 6.29 Å². The van der Waals surface area contributed by atoms with Crippen molar-refractivity contribution in [1.29, 1.82) is 5.26 Å². The largest absolute Gasteiger partial charge is 0.303 e. The van der Waals surface area contributed by atoms with Crippen LogP contribution in [0, 0.1) is 17.2 Å². The molecule has 0 aromatic rings. The highest BCUT2D eigenvalue weighted by molar-refractivity contribution is 5.49. The van der Waals surface area contributed by atoms with Crippen LogP contribution in [-0.4, -0.2) is 6.29 Å². The highest BCUT2D eigenvalue weighted by Crippen LogP contribution is 2.06. The van der Waals surface area contributed by atoms with Gasteiger partial charge < -0.3 is 4.79 Å². The Bertz CT molecular complexity index is 115. The number of carbonyl (C=O) groups excluding carboxylic acids is 1. The maximum atomic E-state index is 9.90. The molecule has 2 nitrogen and oxygen atoms in total. The van der Waals surface area contributed by atoms with Gasteiger partial charge in [-0.15, -0.1) is 0 Å². The van der Waals surface area contributed by atoms with Crippen LogP contribution in [0.3, 0.4) is 0 Å². The van der Waals surface area contributed by atoms with Crippen molar-refractivity contribution in [1.82, 2.24) is 0 Å². The van der Waals surface area contributed by atoms with Crippen molar-refractivity contribution in [3.05, 3.63) is 0 Å². The van der Waals surface area contributed by atoms with Gasteiger partial charge >= 0.3 is 0 Å². The van der Waals surface area contributed by atoms with Crippen molar-refractivity contribution in [2.75, 3.05) is 0 Å². The Hall–Kier alpha value is -0.840. The maximum Gasteiger partial charge on any atom is 0.120 e. The van der Waals surface area contributed by atoms with E-state index in [1.165, 1.54) is 0 Å². The predicted molar refractivity (Wildman–Crippen MR) is 34.7 cm³/mol. The standard InChI is InChI=1S/C7H11NO/c1-7(4-6-9)3-2-5-8/h6-7H,2-4H2,1H3. The molecule has 0 saturated carbocycles. The van der Waals surface area contributed by atoms with Crippen molar-refractivity contribution in [3.8, 4) is 6.07 Å². The van der Waals surface area contributed by atoms with Gasteiger partial charge in [0.2, 0.25) is 0 Å². The van der Waals surface area contributed by atoms with Gasteiger partial charge in [-0.2, -0.15) is 5.26 Å². The summed E-state index contributed by atoms with van der Waals surface area (Å²) in [6.07, 6.45) is 2.90. The van der Waals surface area contributed by atoms with E-state index in [9.17, 15) is 4.79 Å². The molecule has 0 heterocycles. The number of nitrogens with zero attached hydrogens (tertiary/aromatic N) is 1.